The van der Waals surface area contributed by atoms with Crippen LogP contribution in [0.5, 0.6) is 0 Å². The highest BCUT2D eigenvalue weighted by Gasteiger charge is 2.09. The largest absolute Gasteiger partial charge is 0.362 e. The molecule has 0 spiro atoms. The predicted molar refractivity (Wildman–Crippen MR) is 95.1 cm³/mol. The summed E-state index contributed by atoms with van der Waals surface area (Å²) in [6.45, 7) is 2.11. The van der Waals surface area contributed by atoms with Crippen LogP contribution in [-0.2, 0) is 0 Å². The van der Waals surface area contributed by atoms with Gasteiger partial charge in [-0.15, -0.1) is 0 Å². The van der Waals surface area contributed by atoms with Crippen LogP contribution < -0.4 is 5.32 Å². The number of hydrogen-bond acceptors (Lipinski definition) is 4. The first kappa shape index (κ1) is 14.4. The lowest BCUT2D eigenvalue weighted by atomic mass is 10.1. The van der Waals surface area contributed by atoms with Crippen LogP contribution in [-0.4, -0.2) is 19.5 Å². The van der Waals surface area contributed by atoms with Crippen molar-refractivity contribution in [3.63, 3.8) is 0 Å². The molecule has 5 nitrogen and oxygen atoms in total. The number of fused-ring (bicyclic) bond motifs is 1. The van der Waals surface area contributed by atoms with Gasteiger partial charge in [0.05, 0.1) is 23.4 Å². The number of anilines is 1. The van der Waals surface area contributed by atoms with Gasteiger partial charge in [0.25, 0.3) is 0 Å². The standard InChI is InChI=1S/C19H17N5/c1-14(15-7-3-2-4-8-15)22-18-11-20-12-19(23-18)24-13-21-16-9-5-6-10-17(16)24/h2-14H,1H3,(H,22,23)/t14-/m0/s1. The van der Waals surface area contributed by atoms with Crippen molar-refractivity contribution in [1.82, 2.24) is 19.5 Å². The molecule has 0 aliphatic heterocycles. The van der Waals surface area contributed by atoms with E-state index in [1.54, 1.807) is 18.7 Å². The first-order valence-corrected chi connectivity index (χ1v) is 7.87. The van der Waals surface area contributed by atoms with Crippen LogP contribution in [0, 0.1) is 0 Å². The molecule has 5 heteroatoms. The highest BCUT2D eigenvalue weighted by molar-refractivity contribution is 5.76. The SMILES string of the molecule is C[C@H](Nc1cncc(-n2cnc3ccccc32)n1)c1ccccc1. The third-order valence-electron chi connectivity index (χ3n) is 3.99. The van der Waals surface area contributed by atoms with E-state index >= 15 is 0 Å². The van der Waals surface area contributed by atoms with E-state index in [2.05, 4.69) is 39.3 Å². The van der Waals surface area contributed by atoms with Gasteiger partial charge in [0.2, 0.25) is 0 Å². The van der Waals surface area contributed by atoms with E-state index in [-0.39, 0.29) is 6.04 Å². The Labute approximate surface area is 140 Å². The first-order valence-electron chi connectivity index (χ1n) is 7.87. The number of benzene rings is 2. The fraction of sp³-hybridized carbons (Fsp3) is 0.105. The van der Waals surface area contributed by atoms with Gasteiger partial charge in [-0.3, -0.25) is 9.55 Å². The minimum atomic E-state index is 0.148. The summed E-state index contributed by atoms with van der Waals surface area (Å²) in [6, 6.07) is 18.4. The van der Waals surface area contributed by atoms with Gasteiger partial charge in [0.1, 0.15) is 12.1 Å². The van der Waals surface area contributed by atoms with Crippen LogP contribution >= 0.6 is 0 Å². The van der Waals surface area contributed by atoms with Crippen LogP contribution in [0.25, 0.3) is 16.9 Å². The molecule has 118 valence electrons. The van der Waals surface area contributed by atoms with E-state index in [1.165, 1.54) is 5.56 Å². The second-order valence-electron chi connectivity index (χ2n) is 5.64. The molecular formula is C19H17N5. The zero-order valence-corrected chi connectivity index (χ0v) is 13.3. The Morgan fingerprint density at radius 2 is 1.75 bits per heavy atom. The Morgan fingerprint density at radius 3 is 2.62 bits per heavy atom. The topological polar surface area (TPSA) is 55.6 Å². The zero-order chi connectivity index (χ0) is 16.4. The summed E-state index contributed by atoms with van der Waals surface area (Å²) in [4.78, 5) is 13.4. The maximum atomic E-state index is 4.68. The van der Waals surface area contributed by atoms with E-state index in [9.17, 15) is 0 Å². The molecule has 0 radical (unpaired) electrons. The molecule has 0 aliphatic carbocycles. The average Bonchev–Trinajstić information content (AvgIpc) is 3.07. The number of rotatable bonds is 4. The van der Waals surface area contributed by atoms with Crippen molar-refractivity contribution in [1.29, 1.82) is 0 Å². The number of para-hydroxylation sites is 2. The molecule has 2 aromatic heterocycles. The molecule has 0 saturated carbocycles. The molecule has 0 amide bonds. The van der Waals surface area contributed by atoms with E-state index in [0.717, 1.165) is 22.7 Å². The molecule has 24 heavy (non-hydrogen) atoms. The quantitative estimate of drug-likeness (QED) is 0.619. The lowest BCUT2D eigenvalue weighted by Gasteiger charge is -2.15. The van der Waals surface area contributed by atoms with E-state index in [4.69, 9.17) is 0 Å². The van der Waals surface area contributed by atoms with E-state index in [0.29, 0.717) is 0 Å². The predicted octanol–water partition coefficient (Wildman–Crippen LogP) is 3.99. The van der Waals surface area contributed by atoms with Gasteiger partial charge in [-0.1, -0.05) is 42.5 Å². The molecular weight excluding hydrogens is 298 g/mol. The third-order valence-corrected chi connectivity index (χ3v) is 3.99. The normalized spacial score (nSPS) is 12.2. The summed E-state index contributed by atoms with van der Waals surface area (Å²) < 4.78 is 1.95. The first-order chi connectivity index (χ1) is 11.8. The molecule has 1 N–H and O–H groups in total. The summed E-state index contributed by atoms with van der Waals surface area (Å²) in [5.74, 6) is 1.48. The molecule has 0 fully saturated rings. The minimum Gasteiger partial charge on any atom is -0.362 e. The van der Waals surface area contributed by atoms with Crippen LogP contribution in [0.15, 0.2) is 73.3 Å². The number of nitrogens with zero attached hydrogens (tertiary/aromatic N) is 4. The van der Waals surface area contributed by atoms with Crippen LogP contribution in [0.1, 0.15) is 18.5 Å². The van der Waals surface area contributed by atoms with Crippen molar-refractivity contribution < 1.29 is 0 Å². The highest BCUT2D eigenvalue weighted by atomic mass is 15.2. The van der Waals surface area contributed by atoms with Gasteiger partial charge in [-0.25, -0.2) is 9.97 Å². The molecule has 0 bridgehead atoms. The van der Waals surface area contributed by atoms with E-state index in [1.807, 2.05) is 47.0 Å². The zero-order valence-electron chi connectivity index (χ0n) is 13.3. The summed E-state index contributed by atoms with van der Waals surface area (Å²) in [5.41, 5.74) is 3.16. The Kier molecular flexibility index (Phi) is 3.67. The Hall–Kier alpha value is -3.21. The van der Waals surface area contributed by atoms with Crippen LogP contribution in [0.4, 0.5) is 5.82 Å². The summed E-state index contributed by atoms with van der Waals surface area (Å²) in [5, 5.41) is 3.40. The lowest BCUT2D eigenvalue weighted by molar-refractivity contribution is 0.865. The average molecular weight is 315 g/mol. The summed E-state index contributed by atoms with van der Waals surface area (Å²) >= 11 is 0. The van der Waals surface area contributed by atoms with Gasteiger partial charge < -0.3 is 5.32 Å². The Morgan fingerprint density at radius 1 is 0.958 bits per heavy atom. The van der Waals surface area contributed by atoms with Gasteiger partial charge in [-0.2, -0.15) is 0 Å². The number of nitrogens with one attached hydrogen (secondary N) is 1. The monoisotopic (exact) mass is 315 g/mol. The molecule has 0 saturated heterocycles. The van der Waals surface area contributed by atoms with Crippen molar-refractivity contribution >= 4 is 16.9 Å². The lowest BCUT2D eigenvalue weighted by Crippen LogP contribution is -2.09. The molecule has 2 heterocycles. The van der Waals surface area contributed by atoms with Crippen molar-refractivity contribution in [3.8, 4) is 5.82 Å². The molecule has 2 aromatic carbocycles. The molecule has 4 rings (SSSR count). The second-order valence-corrected chi connectivity index (χ2v) is 5.64. The number of hydrogen-bond donors (Lipinski definition) is 1. The Balaban J connectivity index is 1.64. The third kappa shape index (κ3) is 2.72. The molecule has 4 aromatic rings. The second kappa shape index (κ2) is 6.12. The summed E-state index contributed by atoms with van der Waals surface area (Å²) in [6.07, 6.45) is 5.26. The fourth-order valence-corrected chi connectivity index (χ4v) is 2.73. The fourth-order valence-electron chi connectivity index (χ4n) is 2.73. The van der Waals surface area contributed by atoms with Gasteiger partial charge in [0, 0.05) is 6.04 Å². The molecule has 0 unspecified atom stereocenters. The smallest absolute Gasteiger partial charge is 0.159 e. The number of imidazole rings is 1. The maximum absolute atomic E-state index is 4.68. The van der Waals surface area contributed by atoms with Crippen molar-refractivity contribution in [2.24, 2.45) is 0 Å². The van der Waals surface area contributed by atoms with Crippen LogP contribution in [0.2, 0.25) is 0 Å². The Bertz CT molecular complexity index is 962. The maximum Gasteiger partial charge on any atom is 0.159 e. The van der Waals surface area contributed by atoms with Crippen molar-refractivity contribution in [2.45, 2.75) is 13.0 Å². The van der Waals surface area contributed by atoms with Gasteiger partial charge >= 0.3 is 0 Å². The molecule has 0 aliphatic rings. The van der Waals surface area contributed by atoms with E-state index < -0.39 is 0 Å². The van der Waals surface area contributed by atoms with Crippen molar-refractivity contribution in [2.75, 3.05) is 5.32 Å². The van der Waals surface area contributed by atoms with Gasteiger partial charge in [-0.05, 0) is 24.6 Å². The minimum absolute atomic E-state index is 0.148. The number of aromatic nitrogens is 4. The van der Waals surface area contributed by atoms with Gasteiger partial charge in [0.15, 0.2) is 5.82 Å². The summed E-state index contributed by atoms with van der Waals surface area (Å²) in [7, 11) is 0. The highest BCUT2D eigenvalue weighted by Crippen LogP contribution is 2.20. The van der Waals surface area contributed by atoms with Crippen LogP contribution in [0.3, 0.4) is 0 Å². The molecule has 1 atom stereocenters. The van der Waals surface area contributed by atoms with Crippen molar-refractivity contribution in [3.05, 3.63) is 78.9 Å².